The maximum Gasteiger partial charge on any atom is 0.306 e. The van der Waals surface area contributed by atoms with E-state index in [2.05, 4.69) is 118 Å². The Bertz CT molecular complexity index is 1510. The lowest BCUT2D eigenvalue weighted by atomic mass is 10.0. The first-order valence-corrected chi connectivity index (χ1v) is 32.7. The van der Waals surface area contributed by atoms with Crippen molar-refractivity contribution in [2.45, 2.75) is 322 Å². The van der Waals surface area contributed by atoms with Gasteiger partial charge in [0.05, 0.1) is 0 Å². The molecule has 0 heterocycles. The van der Waals surface area contributed by atoms with Gasteiger partial charge in [0.1, 0.15) is 13.2 Å². The van der Waals surface area contributed by atoms with Crippen molar-refractivity contribution >= 4 is 17.9 Å². The summed E-state index contributed by atoms with van der Waals surface area (Å²) in [5, 5.41) is 0. The van der Waals surface area contributed by atoms with Crippen molar-refractivity contribution < 1.29 is 28.6 Å². The fraction of sp³-hybridized carbons (Fsp3) is 0.732. The number of hydrogen-bond acceptors (Lipinski definition) is 6. The zero-order chi connectivity index (χ0) is 55.7. The van der Waals surface area contributed by atoms with Crippen LogP contribution in [0.4, 0.5) is 0 Å². The topological polar surface area (TPSA) is 78.9 Å². The molecule has 6 heteroatoms. The van der Waals surface area contributed by atoms with Crippen molar-refractivity contribution in [2.75, 3.05) is 13.2 Å². The molecule has 0 saturated carbocycles. The zero-order valence-corrected chi connectivity index (χ0v) is 50.7. The largest absolute Gasteiger partial charge is 0.462 e. The second kappa shape index (κ2) is 64.9. The molecule has 6 nitrogen and oxygen atoms in total. The highest BCUT2D eigenvalue weighted by Crippen LogP contribution is 2.16. The maximum atomic E-state index is 12.9. The molecule has 0 saturated heterocycles. The molecule has 0 fully saturated rings. The molecule has 77 heavy (non-hydrogen) atoms. The molecule has 0 aliphatic carbocycles. The minimum absolute atomic E-state index is 0.0834. The van der Waals surface area contributed by atoms with Crippen molar-refractivity contribution in [3.8, 4) is 0 Å². The molecule has 0 aliphatic heterocycles. The number of carbonyl (C=O) groups is 3. The average molecular weight is 1070 g/mol. The third kappa shape index (κ3) is 63.0. The van der Waals surface area contributed by atoms with E-state index in [0.717, 1.165) is 122 Å². The van der Waals surface area contributed by atoms with Gasteiger partial charge in [0.25, 0.3) is 0 Å². The van der Waals surface area contributed by atoms with Gasteiger partial charge in [0.15, 0.2) is 6.10 Å². The summed E-state index contributed by atoms with van der Waals surface area (Å²) in [6.45, 7) is 6.48. The molecule has 0 bridgehead atoms. The Morgan fingerprint density at radius 2 is 0.506 bits per heavy atom. The number of carbonyl (C=O) groups excluding carboxylic acids is 3. The van der Waals surface area contributed by atoms with E-state index in [1.54, 1.807) is 0 Å². The number of ether oxygens (including phenoxy) is 3. The van der Waals surface area contributed by atoms with E-state index in [9.17, 15) is 14.4 Å². The van der Waals surface area contributed by atoms with E-state index in [1.165, 1.54) is 154 Å². The lowest BCUT2D eigenvalue weighted by molar-refractivity contribution is -0.167. The van der Waals surface area contributed by atoms with Crippen molar-refractivity contribution in [3.63, 3.8) is 0 Å². The van der Waals surface area contributed by atoms with E-state index in [4.69, 9.17) is 14.2 Å². The molecule has 1 atom stereocenters. The molecule has 0 amide bonds. The quantitative estimate of drug-likeness (QED) is 0.0261. The number of rotatable bonds is 59. The van der Waals surface area contributed by atoms with Gasteiger partial charge in [-0.25, -0.2) is 0 Å². The first kappa shape index (κ1) is 73.3. The lowest BCUT2D eigenvalue weighted by Gasteiger charge is -2.18. The molecule has 0 aromatic rings. The monoisotopic (exact) mass is 1070 g/mol. The SMILES string of the molecule is CC/C=C\C/C=C\C/C=C\C/C=C\C/C=C\CCCCCCCC(=O)OC(COC(=O)CCCCCCCCC)COC(=O)CCCCCCCCCCCCCCCCCC/C=C\C/C=C\C/C=C\CCCCCCC. The number of allylic oxidation sites excluding steroid dienone is 16. The van der Waals surface area contributed by atoms with Gasteiger partial charge in [-0.15, -0.1) is 0 Å². The fourth-order valence-corrected chi connectivity index (χ4v) is 9.18. The average Bonchev–Trinajstić information content (AvgIpc) is 3.43. The molecule has 0 N–H and O–H groups in total. The van der Waals surface area contributed by atoms with Gasteiger partial charge in [-0.3, -0.25) is 14.4 Å². The smallest absolute Gasteiger partial charge is 0.306 e. The summed E-state index contributed by atoms with van der Waals surface area (Å²) in [4.78, 5) is 38.1. The molecule has 0 spiro atoms. The molecule has 0 aliphatic rings. The third-order valence-corrected chi connectivity index (χ3v) is 14.1. The fourth-order valence-electron chi connectivity index (χ4n) is 9.18. The van der Waals surface area contributed by atoms with Crippen LogP contribution in [0.25, 0.3) is 0 Å². The molecule has 0 aromatic heterocycles. The summed E-state index contributed by atoms with van der Waals surface area (Å²) in [6.07, 6.45) is 87.3. The molecular weight excluding hydrogens is 949 g/mol. The Labute approximate surface area is 477 Å². The van der Waals surface area contributed by atoms with Gasteiger partial charge < -0.3 is 14.2 Å². The Morgan fingerprint density at radius 3 is 0.792 bits per heavy atom. The molecule has 0 radical (unpaired) electrons. The second-order valence-electron chi connectivity index (χ2n) is 21.6. The van der Waals surface area contributed by atoms with Crippen LogP contribution in [0.5, 0.6) is 0 Å². The Balaban J connectivity index is 4.10. The van der Waals surface area contributed by atoms with Crippen LogP contribution in [0.15, 0.2) is 97.2 Å². The van der Waals surface area contributed by atoms with Crippen LogP contribution in [-0.4, -0.2) is 37.2 Å². The first-order chi connectivity index (χ1) is 38.0. The minimum atomic E-state index is -0.786. The standard InChI is InChI=1S/C71H122O6/c1-4-7-10-13-16-18-20-22-24-26-28-30-31-32-33-34-35-36-37-38-39-41-42-44-46-48-50-52-55-58-61-64-70(73)76-67-68(66-75-69(72)63-60-57-54-15-12-9-6-3)77-71(74)65-62-59-56-53-51-49-47-45-43-40-29-27-25-23-21-19-17-14-11-8-5-2/h8,11,17,19-20,22-23,25-26,28-29,31-32,40,45,47,68H,4-7,9-10,12-16,18,21,24,27,30,33-39,41-44,46,48-67H2,1-3H3/b11-8-,19-17-,22-20-,25-23-,28-26-,32-31-,40-29-,47-45-. The van der Waals surface area contributed by atoms with Gasteiger partial charge in [-0.05, 0) is 103 Å². The summed E-state index contributed by atoms with van der Waals surface area (Å²) in [7, 11) is 0. The van der Waals surface area contributed by atoms with E-state index in [-0.39, 0.29) is 31.1 Å². The van der Waals surface area contributed by atoms with Gasteiger partial charge in [0, 0.05) is 19.3 Å². The second-order valence-corrected chi connectivity index (χ2v) is 21.6. The molecule has 1 unspecified atom stereocenters. The van der Waals surface area contributed by atoms with E-state index >= 15 is 0 Å². The highest BCUT2D eigenvalue weighted by molar-refractivity contribution is 5.71. The van der Waals surface area contributed by atoms with Crippen molar-refractivity contribution in [2.24, 2.45) is 0 Å². The zero-order valence-electron chi connectivity index (χ0n) is 50.7. The third-order valence-electron chi connectivity index (χ3n) is 14.1. The van der Waals surface area contributed by atoms with Crippen LogP contribution in [0, 0.1) is 0 Å². The summed E-state index contributed by atoms with van der Waals surface area (Å²) in [6, 6.07) is 0. The maximum absolute atomic E-state index is 12.9. The van der Waals surface area contributed by atoms with Gasteiger partial charge in [-0.1, -0.05) is 291 Å². The van der Waals surface area contributed by atoms with Crippen LogP contribution in [0.2, 0.25) is 0 Å². The summed E-state index contributed by atoms with van der Waals surface area (Å²) >= 11 is 0. The number of unbranched alkanes of at least 4 members (excludes halogenated alkanes) is 32. The van der Waals surface area contributed by atoms with Crippen molar-refractivity contribution in [1.29, 1.82) is 0 Å². The van der Waals surface area contributed by atoms with E-state index in [1.807, 2.05) is 0 Å². The van der Waals surface area contributed by atoms with Crippen LogP contribution in [0.3, 0.4) is 0 Å². The van der Waals surface area contributed by atoms with Crippen molar-refractivity contribution in [3.05, 3.63) is 97.2 Å². The van der Waals surface area contributed by atoms with Crippen molar-refractivity contribution in [1.82, 2.24) is 0 Å². The molecule has 442 valence electrons. The predicted octanol–water partition coefficient (Wildman–Crippen LogP) is 22.4. The van der Waals surface area contributed by atoms with Gasteiger partial charge >= 0.3 is 17.9 Å². The number of esters is 3. The highest BCUT2D eigenvalue weighted by atomic mass is 16.6. The normalized spacial score (nSPS) is 12.7. The van der Waals surface area contributed by atoms with Crippen LogP contribution >= 0.6 is 0 Å². The first-order valence-electron chi connectivity index (χ1n) is 32.7. The van der Waals surface area contributed by atoms with Crippen LogP contribution in [-0.2, 0) is 28.6 Å². The van der Waals surface area contributed by atoms with Crippen LogP contribution in [0.1, 0.15) is 316 Å². The lowest BCUT2D eigenvalue weighted by Crippen LogP contribution is -2.30. The number of hydrogen-bond donors (Lipinski definition) is 0. The van der Waals surface area contributed by atoms with Gasteiger partial charge in [0.2, 0.25) is 0 Å². The van der Waals surface area contributed by atoms with E-state index in [0.29, 0.717) is 19.3 Å². The highest BCUT2D eigenvalue weighted by Gasteiger charge is 2.19. The van der Waals surface area contributed by atoms with Crippen LogP contribution < -0.4 is 0 Å². The molecular formula is C71H122O6. The minimum Gasteiger partial charge on any atom is -0.462 e. The Kier molecular flexibility index (Phi) is 61.8. The molecule has 0 rings (SSSR count). The summed E-state index contributed by atoms with van der Waals surface area (Å²) in [5.41, 5.74) is 0. The van der Waals surface area contributed by atoms with E-state index < -0.39 is 6.10 Å². The Hall–Kier alpha value is -3.67. The summed E-state index contributed by atoms with van der Waals surface area (Å²) < 4.78 is 16.8. The van der Waals surface area contributed by atoms with Gasteiger partial charge in [-0.2, -0.15) is 0 Å². The molecule has 0 aromatic carbocycles. The summed E-state index contributed by atoms with van der Waals surface area (Å²) in [5.74, 6) is -0.901. The Morgan fingerprint density at radius 1 is 0.273 bits per heavy atom. The predicted molar refractivity (Wildman–Crippen MR) is 334 cm³/mol.